The number of hydrogen-bond donors (Lipinski definition) is 1. The van der Waals surface area contributed by atoms with Gasteiger partial charge in [0, 0.05) is 24.5 Å². The van der Waals surface area contributed by atoms with Gasteiger partial charge in [-0.1, -0.05) is 18.2 Å². The first-order valence-electron chi connectivity index (χ1n) is 6.87. The van der Waals surface area contributed by atoms with E-state index in [0.717, 1.165) is 16.7 Å². The Morgan fingerprint density at radius 3 is 2.55 bits per heavy atom. The highest BCUT2D eigenvalue weighted by molar-refractivity contribution is 9.10. The first-order valence-corrected chi connectivity index (χ1v) is 7.66. The Balaban J connectivity index is 2.03. The van der Waals surface area contributed by atoms with Crippen LogP contribution in [-0.2, 0) is 11.3 Å². The SMILES string of the molecule is CC(C)(C)OC(=O)NCc1cccc(-c2cnc(Br)nc2)c1. The third-order valence-corrected chi connectivity index (χ3v) is 3.13. The lowest BCUT2D eigenvalue weighted by molar-refractivity contribution is 0.0523. The van der Waals surface area contributed by atoms with Crippen molar-refractivity contribution in [1.29, 1.82) is 0 Å². The number of halogens is 1. The third-order valence-electron chi connectivity index (χ3n) is 2.72. The molecule has 5 nitrogen and oxygen atoms in total. The van der Waals surface area contributed by atoms with Crippen molar-refractivity contribution in [3.63, 3.8) is 0 Å². The first kappa shape index (κ1) is 16.4. The van der Waals surface area contributed by atoms with E-state index in [-0.39, 0.29) is 0 Å². The fourth-order valence-electron chi connectivity index (χ4n) is 1.81. The van der Waals surface area contributed by atoms with Crippen LogP contribution in [0.3, 0.4) is 0 Å². The number of benzene rings is 1. The average Bonchev–Trinajstić information content (AvgIpc) is 2.44. The van der Waals surface area contributed by atoms with Gasteiger partial charge in [-0.3, -0.25) is 0 Å². The molecule has 0 aliphatic rings. The maximum absolute atomic E-state index is 11.7. The second-order valence-corrected chi connectivity index (χ2v) is 6.51. The van der Waals surface area contributed by atoms with Crippen molar-refractivity contribution < 1.29 is 9.53 Å². The molecule has 0 bridgehead atoms. The second kappa shape index (κ2) is 6.87. The van der Waals surface area contributed by atoms with Crippen molar-refractivity contribution in [3.8, 4) is 11.1 Å². The summed E-state index contributed by atoms with van der Waals surface area (Å²) < 4.78 is 5.77. The van der Waals surface area contributed by atoms with Crippen LogP contribution < -0.4 is 5.32 Å². The van der Waals surface area contributed by atoms with Gasteiger partial charge < -0.3 is 10.1 Å². The molecule has 0 unspecified atom stereocenters. The van der Waals surface area contributed by atoms with E-state index in [4.69, 9.17) is 4.74 Å². The maximum atomic E-state index is 11.7. The lowest BCUT2D eigenvalue weighted by atomic mass is 10.1. The molecule has 0 atom stereocenters. The molecule has 0 fully saturated rings. The van der Waals surface area contributed by atoms with Crippen LogP contribution in [0.15, 0.2) is 41.4 Å². The molecule has 0 saturated carbocycles. The molecule has 2 rings (SSSR count). The molecule has 0 aliphatic carbocycles. The Labute approximate surface area is 138 Å². The topological polar surface area (TPSA) is 64.1 Å². The van der Waals surface area contributed by atoms with Crippen molar-refractivity contribution in [2.24, 2.45) is 0 Å². The lowest BCUT2D eigenvalue weighted by Gasteiger charge is -2.19. The molecule has 1 amide bonds. The highest BCUT2D eigenvalue weighted by atomic mass is 79.9. The van der Waals surface area contributed by atoms with E-state index in [1.807, 2.05) is 45.0 Å². The lowest BCUT2D eigenvalue weighted by Crippen LogP contribution is -2.32. The Morgan fingerprint density at radius 2 is 1.91 bits per heavy atom. The van der Waals surface area contributed by atoms with Crippen LogP contribution in [0.2, 0.25) is 0 Å². The van der Waals surface area contributed by atoms with Crippen molar-refractivity contribution in [2.75, 3.05) is 0 Å². The quantitative estimate of drug-likeness (QED) is 0.839. The van der Waals surface area contributed by atoms with Crippen LogP contribution in [0.25, 0.3) is 11.1 Å². The van der Waals surface area contributed by atoms with Gasteiger partial charge in [0.2, 0.25) is 0 Å². The summed E-state index contributed by atoms with van der Waals surface area (Å²) in [6.45, 7) is 5.91. The smallest absolute Gasteiger partial charge is 0.407 e. The number of amides is 1. The second-order valence-electron chi connectivity index (χ2n) is 5.80. The Bertz CT molecular complexity index is 651. The van der Waals surface area contributed by atoms with Crippen LogP contribution in [-0.4, -0.2) is 21.7 Å². The van der Waals surface area contributed by atoms with Crippen LogP contribution >= 0.6 is 15.9 Å². The minimum atomic E-state index is -0.499. The highest BCUT2D eigenvalue weighted by Crippen LogP contribution is 2.19. The molecular formula is C16H18BrN3O2. The first-order chi connectivity index (χ1) is 10.3. The molecule has 0 aliphatic heterocycles. The van der Waals surface area contributed by atoms with Crippen LogP contribution in [0, 0.1) is 0 Å². The van der Waals surface area contributed by atoms with Gasteiger partial charge in [-0.2, -0.15) is 0 Å². The molecule has 1 aromatic heterocycles. The van der Waals surface area contributed by atoms with Gasteiger partial charge in [-0.25, -0.2) is 14.8 Å². The summed E-state index contributed by atoms with van der Waals surface area (Å²) in [5.74, 6) is 0. The summed E-state index contributed by atoms with van der Waals surface area (Å²) in [5.41, 5.74) is 2.39. The fraction of sp³-hybridized carbons (Fsp3) is 0.312. The molecule has 1 aromatic carbocycles. The number of carbonyl (C=O) groups excluding carboxylic acids is 1. The van der Waals surface area contributed by atoms with Crippen LogP contribution in [0.1, 0.15) is 26.3 Å². The minimum absolute atomic E-state index is 0.403. The van der Waals surface area contributed by atoms with E-state index in [1.165, 1.54) is 0 Å². The van der Waals surface area contributed by atoms with Crippen molar-refractivity contribution in [3.05, 3.63) is 47.0 Å². The Hall–Kier alpha value is -1.95. The van der Waals surface area contributed by atoms with E-state index < -0.39 is 11.7 Å². The fourth-order valence-corrected chi connectivity index (χ4v) is 2.02. The Kier molecular flexibility index (Phi) is 5.13. The number of nitrogens with zero attached hydrogens (tertiary/aromatic N) is 2. The van der Waals surface area contributed by atoms with Crippen LogP contribution in [0.4, 0.5) is 4.79 Å². The molecule has 2 aromatic rings. The Morgan fingerprint density at radius 1 is 1.23 bits per heavy atom. The molecule has 22 heavy (non-hydrogen) atoms. The van der Waals surface area contributed by atoms with Crippen molar-refractivity contribution in [1.82, 2.24) is 15.3 Å². The molecule has 116 valence electrons. The average molecular weight is 364 g/mol. The standard InChI is InChI=1S/C16H18BrN3O2/c1-16(2,3)22-15(21)20-8-11-5-4-6-12(7-11)13-9-18-14(17)19-10-13/h4-7,9-10H,8H2,1-3H3,(H,20,21). The summed E-state index contributed by atoms with van der Waals surface area (Å²) >= 11 is 3.21. The highest BCUT2D eigenvalue weighted by Gasteiger charge is 2.15. The van der Waals surface area contributed by atoms with Crippen molar-refractivity contribution >= 4 is 22.0 Å². The molecule has 6 heteroatoms. The number of rotatable bonds is 3. The number of ether oxygens (including phenoxy) is 1. The third kappa shape index (κ3) is 5.11. The van der Waals surface area contributed by atoms with Crippen molar-refractivity contribution in [2.45, 2.75) is 32.9 Å². The van der Waals surface area contributed by atoms with E-state index in [9.17, 15) is 4.79 Å². The van der Waals surface area contributed by atoms with Gasteiger partial charge in [-0.15, -0.1) is 0 Å². The summed E-state index contributed by atoms with van der Waals surface area (Å²) in [6.07, 6.45) is 3.07. The van der Waals surface area contributed by atoms with E-state index in [0.29, 0.717) is 11.3 Å². The molecule has 0 radical (unpaired) electrons. The number of alkyl carbamates (subject to hydrolysis) is 1. The number of hydrogen-bond acceptors (Lipinski definition) is 4. The van der Waals surface area contributed by atoms with Gasteiger partial charge in [0.1, 0.15) is 5.60 Å². The monoisotopic (exact) mass is 363 g/mol. The largest absolute Gasteiger partial charge is 0.444 e. The zero-order valence-corrected chi connectivity index (χ0v) is 14.3. The predicted octanol–water partition coefficient (Wildman–Crippen LogP) is 3.93. The predicted molar refractivity (Wildman–Crippen MR) is 88.2 cm³/mol. The summed E-state index contributed by atoms with van der Waals surface area (Å²) in [5, 5.41) is 2.74. The van der Waals surface area contributed by atoms with E-state index in [1.54, 1.807) is 12.4 Å². The number of carbonyl (C=O) groups is 1. The molecule has 1 N–H and O–H groups in total. The van der Waals surface area contributed by atoms with Gasteiger partial charge in [0.15, 0.2) is 4.73 Å². The summed E-state index contributed by atoms with van der Waals surface area (Å²) in [4.78, 5) is 19.9. The van der Waals surface area contributed by atoms with E-state index in [2.05, 4.69) is 31.2 Å². The zero-order valence-electron chi connectivity index (χ0n) is 12.8. The zero-order chi connectivity index (χ0) is 16.2. The molecular weight excluding hydrogens is 346 g/mol. The van der Waals surface area contributed by atoms with Gasteiger partial charge >= 0.3 is 6.09 Å². The molecule has 0 spiro atoms. The summed E-state index contributed by atoms with van der Waals surface area (Å²) in [7, 11) is 0. The normalized spacial score (nSPS) is 11.1. The number of aromatic nitrogens is 2. The minimum Gasteiger partial charge on any atom is -0.444 e. The van der Waals surface area contributed by atoms with Gasteiger partial charge in [0.25, 0.3) is 0 Å². The van der Waals surface area contributed by atoms with Gasteiger partial charge in [-0.05, 0) is 53.9 Å². The molecule has 1 heterocycles. The van der Waals surface area contributed by atoms with Crippen LogP contribution in [0.5, 0.6) is 0 Å². The number of nitrogens with one attached hydrogen (secondary N) is 1. The van der Waals surface area contributed by atoms with E-state index >= 15 is 0 Å². The maximum Gasteiger partial charge on any atom is 0.407 e. The molecule has 0 saturated heterocycles. The van der Waals surface area contributed by atoms with Gasteiger partial charge in [0.05, 0.1) is 0 Å². The summed E-state index contributed by atoms with van der Waals surface area (Å²) in [6, 6.07) is 7.84.